The van der Waals surface area contributed by atoms with Crippen molar-refractivity contribution < 1.29 is 4.79 Å². The lowest BCUT2D eigenvalue weighted by molar-refractivity contribution is -0.118. The summed E-state index contributed by atoms with van der Waals surface area (Å²) in [4.78, 5) is 39.3. The van der Waals surface area contributed by atoms with E-state index in [2.05, 4.69) is 4.98 Å². The maximum Gasteiger partial charge on any atom is 0.329 e. The summed E-state index contributed by atoms with van der Waals surface area (Å²) in [5, 5.41) is 0.525. The SMILES string of the molecule is CC(C)c1cc2c(=O)n(CCCC(N)=O)c(=O)[nH]c2s1. The van der Waals surface area contributed by atoms with Crippen molar-refractivity contribution in [3.8, 4) is 0 Å². The molecule has 0 aliphatic rings. The monoisotopic (exact) mass is 295 g/mol. The summed E-state index contributed by atoms with van der Waals surface area (Å²) in [7, 11) is 0. The highest BCUT2D eigenvalue weighted by Crippen LogP contribution is 2.26. The van der Waals surface area contributed by atoms with Crippen molar-refractivity contribution in [1.82, 2.24) is 9.55 Å². The molecule has 2 aromatic heterocycles. The average molecular weight is 295 g/mol. The highest BCUT2D eigenvalue weighted by molar-refractivity contribution is 7.18. The van der Waals surface area contributed by atoms with Gasteiger partial charge >= 0.3 is 5.69 Å². The largest absolute Gasteiger partial charge is 0.370 e. The molecule has 7 heteroatoms. The van der Waals surface area contributed by atoms with Crippen molar-refractivity contribution >= 4 is 27.5 Å². The molecule has 0 aliphatic heterocycles. The predicted molar refractivity (Wildman–Crippen MR) is 79.2 cm³/mol. The molecule has 0 saturated heterocycles. The zero-order chi connectivity index (χ0) is 14.9. The molecule has 2 rings (SSSR count). The second kappa shape index (κ2) is 5.62. The molecule has 2 heterocycles. The van der Waals surface area contributed by atoms with Gasteiger partial charge in [-0.3, -0.25) is 19.1 Å². The molecule has 1 amide bonds. The number of nitrogens with two attached hydrogens (primary N) is 1. The lowest BCUT2D eigenvalue weighted by Crippen LogP contribution is -2.34. The molecule has 0 fully saturated rings. The van der Waals surface area contributed by atoms with Crippen LogP contribution in [0.1, 0.15) is 37.5 Å². The van der Waals surface area contributed by atoms with Crippen LogP contribution in [-0.2, 0) is 11.3 Å². The van der Waals surface area contributed by atoms with E-state index in [-0.39, 0.29) is 18.5 Å². The van der Waals surface area contributed by atoms with E-state index in [9.17, 15) is 14.4 Å². The second-order valence-electron chi connectivity index (χ2n) is 5.00. The fourth-order valence-corrected chi connectivity index (χ4v) is 3.01. The van der Waals surface area contributed by atoms with Gasteiger partial charge in [0.25, 0.3) is 5.56 Å². The number of primary amides is 1. The Kier molecular flexibility index (Phi) is 4.08. The maximum absolute atomic E-state index is 12.3. The van der Waals surface area contributed by atoms with Gasteiger partial charge in [-0.15, -0.1) is 11.3 Å². The van der Waals surface area contributed by atoms with Gasteiger partial charge in [0.15, 0.2) is 0 Å². The standard InChI is InChI=1S/C13H17N3O3S/c1-7(2)9-6-8-11(20-9)15-13(19)16(12(8)18)5-3-4-10(14)17/h6-7H,3-5H2,1-2H3,(H2,14,17)(H,15,19). The molecule has 108 valence electrons. The third kappa shape index (κ3) is 2.82. The molecule has 2 aromatic rings. The van der Waals surface area contributed by atoms with Gasteiger partial charge in [0.05, 0.1) is 5.39 Å². The molecule has 3 N–H and O–H groups in total. The van der Waals surface area contributed by atoms with Crippen molar-refractivity contribution in [1.29, 1.82) is 0 Å². The summed E-state index contributed by atoms with van der Waals surface area (Å²) in [6, 6.07) is 1.83. The van der Waals surface area contributed by atoms with Crippen molar-refractivity contribution in [2.75, 3.05) is 0 Å². The number of carbonyl (C=O) groups is 1. The summed E-state index contributed by atoms with van der Waals surface area (Å²) in [6.45, 7) is 4.27. The fraction of sp³-hybridized carbons (Fsp3) is 0.462. The minimum absolute atomic E-state index is 0.158. The van der Waals surface area contributed by atoms with Gasteiger partial charge in [0.2, 0.25) is 5.91 Å². The predicted octanol–water partition coefficient (Wildman–Crippen LogP) is 1.14. The van der Waals surface area contributed by atoms with Gasteiger partial charge < -0.3 is 5.73 Å². The molecule has 0 atom stereocenters. The van der Waals surface area contributed by atoms with Crippen molar-refractivity contribution in [2.24, 2.45) is 5.73 Å². The number of nitrogens with one attached hydrogen (secondary N) is 1. The van der Waals surface area contributed by atoms with Crippen molar-refractivity contribution in [2.45, 2.75) is 39.2 Å². The first-order valence-corrected chi connectivity index (χ1v) is 7.26. The third-order valence-electron chi connectivity index (χ3n) is 3.07. The molecular formula is C13H17N3O3S. The number of amides is 1. The van der Waals surface area contributed by atoms with Gasteiger partial charge in [0, 0.05) is 17.8 Å². The van der Waals surface area contributed by atoms with Gasteiger partial charge in [-0.2, -0.15) is 0 Å². The van der Waals surface area contributed by atoms with Gasteiger partial charge in [-0.05, 0) is 18.4 Å². The average Bonchev–Trinajstić information content (AvgIpc) is 2.77. The number of thiophene rings is 1. The number of aromatic amines is 1. The van der Waals surface area contributed by atoms with E-state index >= 15 is 0 Å². The summed E-state index contributed by atoms with van der Waals surface area (Å²) >= 11 is 1.43. The molecule has 0 aromatic carbocycles. The van der Waals surface area contributed by atoms with E-state index in [0.29, 0.717) is 22.6 Å². The topological polar surface area (TPSA) is 97.9 Å². The molecule has 0 aliphatic carbocycles. The Morgan fingerprint density at radius 2 is 2.15 bits per heavy atom. The Bertz CT molecular complexity index is 754. The number of carbonyl (C=O) groups excluding carboxylic acids is 1. The van der Waals surface area contributed by atoms with Crippen LogP contribution in [0.25, 0.3) is 10.2 Å². The van der Waals surface area contributed by atoms with E-state index in [1.54, 1.807) is 0 Å². The van der Waals surface area contributed by atoms with Crippen molar-refractivity contribution in [3.63, 3.8) is 0 Å². The first kappa shape index (κ1) is 14.5. The molecular weight excluding hydrogens is 278 g/mol. The second-order valence-corrected chi connectivity index (χ2v) is 6.09. The first-order chi connectivity index (χ1) is 9.40. The Labute approximate surface area is 119 Å². The first-order valence-electron chi connectivity index (χ1n) is 6.45. The summed E-state index contributed by atoms with van der Waals surface area (Å²) in [6.07, 6.45) is 0.537. The lowest BCUT2D eigenvalue weighted by atomic mass is 10.2. The molecule has 0 spiro atoms. The number of H-pyrrole nitrogens is 1. The van der Waals surface area contributed by atoms with Crippen LogP contribution in [0, 0.1) is 0 Å². The quantitative estimate of drug-likeness (QED) is 0.865. The van der Waals surface area contributed by atoms with E-state index in [0.717, 1.165) is 9.44 Å². The Hall–Kier alpha value is -1.89. The normalized spacial score (nSPS) is 11.3. The number of fused-ring (bicyclic) bond motifs is 1. The Balaban J connectivity index is 2.43. The van der Waals surface area contributed by atoms with Crippen LogP contribution >= 0.6 is 11.3 Å². The molecule has 0 unspecified atom stereocenters. The van der Waals surface area contributed by atoms with E-state index < -0.39 is 11.6 Å². The van der Waals surface area contributed by atoms with Crippen LogP contribution in [0.15, 0.2) is 15.7 Å². The van der Waals surface area contributed by atoms with Crippen LogP contribution in [0.2, 0.25) is 0 Å². The summed E-state index contributed by atoms with van der Waals surface area (Å²) in [5.41, 5.74) is 4.30. The van der Waals surface area contributed by atoms with Gasteiger partial charge in [-0.25, -0.2) is 4.79 Å². The molecule has 0 radical (unpaired) electrons. The molecule has 0 saturated carbocycles. The molecule has 6 nitrogen and oxygen atoms in total. The van der Waals surface area contributed by atoms with E-state index in [4.69, 9.17) is 5.73 Å². The number of aromatic nitrogens is 2. The van der Waals surface area contributed by atoms with Gasteiger partial charge in [0.1, 0.15) is 4.83 Å². The smallest absolute Gasteiger partial charge is 0.329 e. The maximum atomic E-state index is 12.3. The zero-order valence-corrected chi connectivity index (χ0v) is 12.3. The van der Waals surface area contributed by atoms with Crippen molar-refractivity contribution in [3.05, 3.63) is 31.8 Å². The minimum atomic E-state index is -0.441. The Morgan fingerprint density at radius 1 is 1.45 bits per heavy atom. The number of nitrogens with zero attached hydrogens (tertiary/aromatic N) is 1. The van der Waals surface area contributed by atoms with E-state index in [1.165, 1.54) is 11.3 Å². The fourth-order valence-electron chi connectivity index (χ4n) is 1.96. The van der Waals surface area contributed by atoms with Crippen LogP contribution < -0.4 is 17.0 Å². The number of hydrogen-bond donors (Lipinski definition) is 2. The molecule has 20 heavy (non-hydrogen) atoms. The zero-order valence-electron chi connectivity index (χ0n) is 11.4. The summed E-state index contributed by atoms with van der Waals surface area (Å²) < 4.78 is 1.13. The van der Waals surface area contributed by atoms with Crippen LogP contribution in [0.3, 0.4) is 0 Å². The lowest BCUT2D eigenvalue weighted by Gasteiger charge is -2.03. The number of rotatable bonds is 5. The van der Waals surface area contributed by atoms with Crippen LogP contribution in [0.4, 0.5) is 0 Å². The van der Waals surface area contributed by atoms with Crippen LogP contribution in [0.5, 0.6) is 0 Å². The summed E-state index contributed by atoms with van der Waals surface area (Å²) in [5.74, 6) is -0.133. The van der Waals surface area contributed by atoms with Gasteiger partial charge in [-0.1, -0.05) is 13.8 Å². The third-order valence-corrected chi connectivity index (χ3v) is 4.42. The Morgan fingerprint density at radius 3 is 2.75 bits per heavy atom. The highest BCUT2D eigenvalue weighted by Gasteiger charge is 2.12. The highest BCUT2D eigenvalue weighted by atomic mass is 32.1. The molecule has 0 bridgehead atoms. The van der Waals surface area contributed by atoms with E-state index in [1.807, 2.05) is 19.9 Å². The number of hydrogen-bond acceptors (Lipinski definition) is 4. The minimum Gasteiger partial charge on any atom is -0.370 e. The van der Waals surface area contributed by atoms with Crippen LogP contribution in [-0.4, -0.2) is 15.5 Å².